The summed E-state index contributed by atoms with van der Waals surface area (Å²) in [6.45, 7) is 8.18. The molecule has 1 aromatic heterocycles. The molecule has 0 amide bonds. The number of aromatic nitrogens is 2. The number of aliphatic hydroxyl groups excluding tert-OH is 1. The summed E-state index contributed by atoms with van der Waals surface area (Å²) in [5, 5.41) is 14.3. The Morgan fingerprint density at radius 3 is 2.48 bits per heavy atom. The van der Waals surface area contributed by atoms with Crippen LogP contribution in [-0.2, 0) is 5.41 Å². The summed E-state index contributed by atoms with van der Waals surface area (Å²) in [6.07, 6.45) is -0.483. The molecule has 5 heteroatoms. The summed E-state index contributed by atoms with van der Waals surface area (Å²) in [5.41, 5.74) is 0.813. The molecule has 1 heterocycles. The minimum absolute atomic E-state index is 0.0620. The molecule has 1 N–H and O–H groups in total. The van der Waals surface area contributed by atoms with Crippen molar-refractivity contribution < 1.29 is 9.63 Å². The Bertz CT molecular complexity index is 563. The number of aliphatic hydroxyl groups is 1. The standard InChI is InChI=1S/C16H22N2O2S/c1-11(14-17-15(18-20-14)16(2,3)4)21-10-13(19)12-8-6-5-7-9-12/h5-9,11,13,19H,10H2,1-4H3/t11-,13+/m0/s1. The van der Waals surface area contributed by atoms with E-state index in [0.29, 0.717) is 17.5 Å². The van der Waals surface area contributed by atoms with Gasteiger partial charge in [-0.25, -0.2) is 0 Å². The minimum Gasteiger partial charge on any atom is -0.388 e. The smallest absolute Gasteiger partial charge is 0.239 e. The summed E-state index contributed by atoms with van der Waals surface area (Å²) in [6, 6.07) is 9.67. The molecule has 0 saturated carbocycles. The normalized spacial score (nSPS) is 14.9. The molecule has 0 radical (unpaired) electrons. The van der Waals surface area contributed by atoms with Gasteiger partial charge in [-0.1, -0.05) is 56.3 Å². The van der Waals surface area contributed by atoms with Gasteiger partial charge in [0.1, 0.15) is 0 Å². The molecular formula is C16H22N2O2S. The second kappa shape index (κ2) is 6.62. The molecule has 0 spiro atoms. The van der Waals surface area contributed by atoms with Crippen LogP contribution in [-0.4, -0.2) is 21.0 Å². The highest BCUT2D eigenvalue weighted by Crippen LogP contribution is 2.31. The van der Waals surface area contributed by atoms with Gasteiger partial charge < -0.3 is 9.63 Å². The van der Waals surface area contributed by atoms with Crippen LogP contribution in [0.1, 0.15) is 56.3 Å². The van der Waals surface area contributed by atoms with Crippen LogP contribution < -0.4 is 0 Å². The number of benzene rings is 1. The van der Waals surface area contributed by atoms with Crippen LogP contribution >= 0.6 is 11.8 Å². The van der Waals surface area contributed by atoms with Crippen molar-refractivity contribution in [2.24, 2.45) is 0 Å². The summed E-state index contributed by atoms with van der Waals surface area (Å²) in [4.78, 5) is 4.45. The van der Waals surface area contributed by atoms with E-state index in [9.17, 15) is 5.11 Å². The van der Waals surface area contributed by atoms with Crippen LogP contribution in [0.3, 0.4) is 0 Å². The molecule has 0 aliphatic carbocycles. The lowest BCUT2D eigenvalue weighted by molar-refractivity contribution is 0.204. The van der Waals surface area contributed by atoms with Crippen molar-refractivity contribution in [2.45, 2.75) is 44.5 Å². The van der Waals surface area contributed by atoms with E-state index in [1.165, 1.54) is 0 Å². The number of hydrogen-bond donors (Lipinski definition) is 1. The lowest BCUT2D eigenvalue weighted by atomic mass is 9.96. The molecule has 2 aromatic rings. The predicted octanol–water partition coefficient (Wildman–Crippen LogP) is 3.89. The summed E-state index contributed by atoms with van der Waals surface area (Å²) in [7, 11) is 0. The Hall–Kier alpha value is -1.33. The monoisotopic (exact) mass is 306 g/mol. The van der Waals surface area contributed by atoms with Gasteiger partial charge in [0.05, 0.1) is 11.4 Å². The van der Waals surface area contributed by atoms with Gasteiger partial charge in [-0.15, -0.1) is 11.8 Å². The molecule has 1 aromatic carbocycles. The Morgan fingerprint density at radius 1 is 1.24 bits per heavy atom. The number of rotatable bonds is 5. The van der Waals surface area contributed by atoms with Gasteiger partial charge in [0, 0.05) is 11.2 Å². The van der Waals surface area contributed by atoms with Gasteiger partial charge in [0.15, 0.2) is 5.82 Å². The third-order valence-electron chi connectivity index (χ3n) is 3.15. The first-order chi connectivity index (χ1) is 9.88. The first-order valence-electron chi connectivity index (χ1n) is 7.06. The molecule has 2 rings (SSSR count). The fourth-order valence-corrected chi connectivity index (χ4v) is 2.68. The molecule has 21 heavy (non-hydrogen) atoms. The van der Waals surface area contributed by atoms with Crippen LogP contribution in [0.4, 0.5) is 0 Å². The van der Waals surface area contributed by atoms with Crippen molar-refractivity contribution in [3.05, 3.63) is 47.6 Å². The average Bonchev–Trinajstić information content (AvgIpc) is 2.95. The molecule has 0 bridgehead atoms. The van der Waals surface area contributed by atoms with E-state index in [-0.39, 0.29) is 10.7 Å². The van der Waals surface area contributed by atoms with E-state index < -0.39 is 6.10 Å². The van der Waals surface area contributed by atoms with Gasteiger partial charge in [0.25, 0.3) is 0 Å². The average molecular weight is 306 g/mol. The zero-order valence-electron chi connectivity index (χ0n) is 12.9. The third kappa shape index (κ3) is 4.32. The Balaban J connectivity index is 1.93. The molecule has 114 valence electrons. The summed E-state index contributed by atoms with van der Waals surface area (Å²) < 4.78 is 5.33. The maximum Gasteiger partial charge on any atom is 0.239 e. The van der Waals surface area contributed by atoms with Crippen LogP contribution in [0.2, 0.25) is 0 Å². The van der Waals surface area contributed by atoms with Crippen molar-refractivity contribution >= 4 is 11.8 Å². The summed E-state index contributed by atoms with van der Waals surface area (Å²) in [5.74, 6) is 1.93. The van der Waals surface area contributed by atoms with E-state index in [4.69, 9.17) is 4.52 Å². The van der Waals surface area contributed by atoms with E-state index in [1.807, 2.05) is 37.3 Å². The van der Waals surface area contributed by atoms with Crippen LogP contribution in [0.15, 0.2) is 34.9 Å². The molecular weight excluding hydrogens is 284 g/mol. The van der Waals surface area contributed by atoms with E-state index >= 15 is 0 Å². The predicted molar refractivity (Wildman–Crippen MR) is 85.3 cm³/mol. The Kier molecular flexibility index (Phi) is 5.06. The fraction of sp³-hybridized carbons (Fsp3) is 0.500. The van der Waals surface area contributed by atoms with Gasteiger partial charge in [-0.2, -0.15) is 4.98 Å². The maximum absolute atomic E-state index is 10.2. The highest BCUT2D eigenvalue weighted by Gasteiger charge is 2.23. The second-order valence-corrected chi connectivity index (χ2v) is 7.48. The number of thioether (sulfide) groups is 1. The lowest BCUT2D eigenvalue weighted by Gasteiger charge is -2.13. The number of nitrogens with zero attached hydrogens (tertiary/aromatic N) is 2. The van der Waals surface area contributed by atoms with Crippen molar-refractivity contribution in [2.75, 3.05) is 5.75 Å². The van der Waals surface area contributed by atoms with E-state index in [1.54, 1.807) is 11.8 Å². The molecule has 0 unspecified atom stereocenters. The quantitative estimate of drug-likeness (QED) is 0.908. The molecule has 0 aliphatic rings. The van der Waals surface area contributed by atoms with Gasteiger partial charge in [-0.3, -0.25) is 0 Å². The lowest BCUT2D eigenvalue weighted by Crippen LogP contribution is -2.13. The fourth-order valence-electron chi connectivity index (χ4n) is 1.78. The van der Waals surface area contributed by atoms with Crippen molar-refractivity contribution in [1.29, 1.82) is 0 Å². The zero-order chi connectivity index (χ0) is 15.5. The number of hydrogen-bond acceptors (Lipinski definition) is 5. The summed E-state index contributed by atoms with van der Waals surface area (Å²) >= 11 is 1.61. The molecule has 0 aliphatic heterocycles. The topological polar surface area (TPSA) is 59.2 Å². The largest absolute Gasteiger partial charge is 0.388 e. The highest BCUT2D eigenvalue weighted by molar-refractivity contribution is 7.99. The first kappa shape index (κ1) is 16.0. The van der Waals surface area contributed by atoms with E-state index in [0.717, 1.165) is 5.56 Å². The molecule has 2 atom stereocenters. The Morgan fingerprint density at radius 2 is 1.90 bits per heavy atom. The zero-order valence-corrected chi connectivity index (χ0v) is 13.7. The maximum atomic E-state index is 10.2. The first-order valence-corrected chi connectivity index (χ1v) is 8.11. The van der Waals surface area contributed by atoms with Crippen molar-refractivity contribution in [1.82, 2.24) is 10.1 Å². The molecule has 0 saturated heterocycles. The Labute approximate surface area is 130 Å². The second-order valence-electron chi connectivity index (χ2n) is 6.11. The van der Waals surface area contributed by atoms with Crippen LogP contribution in [0, 0.1) is 0 Å². The van der Waals surface area contributed by atoms with Crippen molar-refractivity contribution in [3.8, 4) is 0 Å². The van der Waals surface area contributed by atoms with Crippen molar-refractivity contribution in [3.63, 3.8) is 0 Å². The van der Waals surface area contributed by atoms with Gasteiger partial charge in [-0.05, 0) is 12.5 Å². The van der Waals surface area contributed by atoms with Crippen LogP contribution in [0.25, 0.3) is 0 Å². The molecule has 0 fully saturated rings. The minimum atomic E-state index is -0.483. The van der Waals surface area contributed by atoms with Gasteiger partial charge >= 0.3 is 0 Å². The van der Waals surface area contributed by atoms with Gasteiger partial charge in [0.2, 0.25) is 5.89 Å². The molecule has 4 nitrogen and oxygen atoms in total. The SMILES string of the molecule is C[C@H](SC[C@@H](O)c1ccccc1)c1nc(C(C)(C)C)no1. The van der Waals surface area contributed by atoms with Crippen LogP contribution in [0.5, 0.6) is 0 Å². The van der Waals surface area contributed by atoms with E-state index in [2.05, 4.69) is 30.9 Å². The third-order valence-corrected chi connectivity index (χ3v) is 4.36. The highest BCUT2D eigenvalue weighted by atomic mass is 32.2.